The molecule has 26 heavy (non-hydrogen) atoms. The number of amides is 2. The summed E-state index contributed by atoms with van der Waals surface area (Å²) in [6.45, 7) is 0. The van der Waals surface area contributed by atoms with Crippen LogP contribution in [-0.2, 0) is 9.59 Å². The van der Waals surface area contributed by atoms with E-state index in [4.69, 9.17) is 0 Å². The van der Waals surface area contributed by atoms with Gasteiger partial charge in [-0.3, -0.25) is 9.59 Å². The van der Waals surface area contributed by atoms with Crippen molar-refractivity contribution >= 4 is 39.2 Å². The first-order valence-corrected chi connectivity index (χ1v) is 8.90. The van der Waals surface area contributed by atoms with E-state index < -0.39 is 6.04 Å². The number of halogens is 1. The molecule has 0 spiro atoms. The second-order valence-corrected chi connectivity index (χ2v) is 6.90. The zero-order valence-corrected chi connectivity index (χ0v) is 15.2. The molecule has 7 heteroatoms. The van der Waals surface area contributed by atoms with Crippen molar-refractivity contribution in [2.45, 2.75) is 12.5 Å². The van der Waals surface area contributed by atoms with Gasteiger partial charge in [0.1, 0.15) is 11.9 Å². The van der Waals surface area contributed by atoms with Gasteiger partial charge in [-0.25, -0.2) is 4.68 Å². The molecular weight excluding hydrogens is 396 g/mol. The number of hydrogen-bond donors (Lipinski definition) is 2. The molecule has 0 fully saturated rings. The lowest BCUT2D eigenvalue weighted by molar-refractivity contribution is -0.125. The molecule has 1 aliphatic rings. The Morgan fingerprint density at radius 1 is 1.15 bits per heavy atom. The van der Waals surface area contributed by atoms with Gasteiger partial charge in [0, 0.05) is 15.7 Å². The molecule has 2 N–H and O–H groups in total. The number of carbonyl (C=O) groups excluding carboxylic acids is 2. The van der Waals surface area contributed by atoms with E-state index in [9.17, 15) is 9.59 Å². The lowest BCUT2D eigenvalue weighted by Gasteiger charge is -2.24. The smallest absolute Gasteiger partial charge is 0.249 e. The topological polar surface area (TPSA) is 76.0 Å². The lowest BCUT2D eigenvalue weighted by Crippen LogP contribution is -2.35. The zero-order valence-electron chi connectivity index (χ0n) is 13.6. The molecule has 2 aromatic carbocycles. The molecule has 1 atom stereocenters. The minimum absolute atomic E-state index is 0.0469. The molecule has 0 saturated carbocycles. The Morgan fingerprint density at radius 2 is 1.88 bits per heavy atom. The number of carbonyl (C=O) groups is 2. The zero-order chi connectivity index (χ0) is 18.1. The number of rotatable bonds is 3. The maximum atomic E-state index is 12.7. The van der Waals surface area contributed by atoms with Gasteiger partial charge < -0.3 is 10.6 Å². The number of nitrogens with zero attached hydrogens (tertiary/aromatic N) is 2. The van der Waals surface area contributed by atoms with Gasteiger partial charge in [-0.1, -0.05) is 46.3 Å². The normalized spacial score (nSPS) is 15.9. The Morgan fingerprint density at radius 3 is 2.62 bits per heavy atom. The van der Waals surface area contributed by atoms with Crippen LogP contribution < -0.4 is 10.6 Å². The van der Waals surface area contributed by atoms with E-state index in [0.717, 1.165) is 15.6 Å². The largest absolute Gasteiger partial charge is 0.324 e. The third-order valence-corrected chi connectivity index (χ3v) is 4.76. The van der Waals surface area contributed by atoms with E-state index in [1.165, 1.54) is 0 Å². The summed E-state index contributed by atoms with van der Waals surface area (Å²) in [6.07, 6.45) is 1.72. The minimum atomic E-state index is -0.695. The van der Waals surface area contributed by atoms with Crippen molar-refractivity contribution in [2.24, 2.45) is 0 Å². The van der Waals surface area contributed by atoms with Crippen LogP contribution in [0.3, 0.4) is 0 Å². The van der Waals surface area contributed by atoms with Crippen LogP contribution in [0.2, 0.25) is 0 Å². The predicted molar refractivity (Wildman–Crippen MR) is 103 cm³/mol. The van der Waals surface area contributed by atoms with E-state index in [-0.39, 0.29) is 18.2 Å². The van der Waals surface area contributed by atoms with Crippen molar-refractivity contribution in [3.63, 3.8) is 0 Å². The van der Waals surface area contributed by atoms with Gasteiger partial charge >= 0.3 is 0 Å². The van der Waals surface area contributed by atoms with Gasteiger partial charge in [0.15, 0.2) is 0 Å². The van der Waals surface area contributed by atoms with Crippen molar-refractivity contribution < 1.29 is 9.59 Å². The summed E-state index contributed by atoms with van der Waals surface area (Å²) in [5.41, 5.74) is 2.39. The maximum Gasteiger partial charge on any atom is 0.249 e. The summed E-state index contributed by atoms with van der Waals surface area (Å²) >= 11 is 3.36. The summed E-state index contributed by atoms with van der Waals surface area (Å²) in [5.74, 6) is 0.0701. The monoisotopic (exact) mass is 410 g/mol. The van der Waals surface area contributed by atoms with E-state index in [1.54, 1.807) is 23.0 Å². The van der Waals surface area contributed by atoms with Crippen LogP contribution in [0, 0.1) is 0 Å². The highest BCUT2D eigenvalue weighted by atomic mass is 79.9. The molecule has 1 aliphatic heterocycles. The molecule has 1 aromatic heterocycles. The highest BCUT2D eigenvalue weighted by molar-refractivity contribution is 9.10. The van der Waals surface area contributed by atoms with Gasteiger partial charge in [-0.05, 0) is 29.8 Å². The molecule has 130 valence electrons. The standard InChI is InChI=1S/C19H15BrN4O2/c20-13-6-8-14(9-7-13)22-19(26)16-10-17(25)23-18-15(11-21-24(16)18)12-4-2-1-3-5-12/h1-9,11,16H,10H2,(H,22,26)(H,23,25)/t16-/m1/s1. The molecule has 4 rings (SSSR count). The van der Waals surface area contributed by atoms with Crippen LogP contribution in [0.15, 0.2) is 65.3 Å². The average Bonchev–Trinajstić information content (AvgIpc) is 3.07. The van der Waals surface area contributed by atoms with Crippen molar-refractivity contribution in [3.8, 4) is 11.1 Å². The molecule has 0 saturated heterocycles. The molecule has 2 amide bonds. The molecule has 0 bridgehead atoms. The Balaban J connectivity index is 1.65. The second-order valence-electron chi connectivity index (χ2n) is 5.98. The molecule has 0 aliphatic carbocycles. The third-order valence-electron chi connectivity index (χ3n) is 4.23. The predicted octanol–water partition coefficient (Wildman–Crippen LogP) is 3.83. The summed E-state index contributed by atoms with van der Waals surface area (Å²) in [5, 5.41) is 10.0. The number of anilines is 2. The summed E-state index contributed by atoms with van der Waals surface area (Å²) < 4.78 is 2.51. The van der Waals surface area contributed by atoms with E-state index in [2.05, 4.69) is 31.7 Å². The lowest BCUT2D eigenvalue weighted by atomic mass is 10.1. The number of aromatic nitrogens is 2. The van der Waals surface area contributed by atoms with Crippen LogP contribution in [0.25, 0.3) is 11.1 Å². The fourth-order valence-corrected chi connectivity index (χ4v) is 3.22. The van der Waals surface area contributed by atoms with Crippen LogP contribution in [0.1, 0.15) is 12.5 Å². The first kappa shape index (κ1) is 16.5. The molecule has 0 radical (unpaired) electrons. The van der Waals surface area contributed by atoms with Crippen LogP contribution in [-0.4, -0.2) is 21.6 Å². The highest BCUT2D eigenvalue weighted by Gasteiger charge is 2.33. The van der Waals surface area contributed by atoms with Crippen molar-refractivity contribution in [2.75, 3.05) is 10.6 Å². The van der Waals surface area contributed by atoms with Gasteiger partial charge in [0.2, 0.25) is 11.8 Å². The van der Waals surface area contributed by atoms with E-state index >= 15 is 0 Å². The molecule has 0 unspecified atom stereocenters. The van der Waals surface area contributed by atoms with Gasteiger partial charge in [-0.15, -0.1) is 0 Å². The number of hydrogen-bond acceptors (Lipinski definition) is 3. The quantitative estimate of drug-likeness (QED) is 0.688. The van der Waals surface area contributed by atoms with Gasteiger partial charge in [0.25, 0.3) is 0 Å². The maximum absolute atomic E-state index is 12.7. The van der Waals surface area contributed by atoms with Crippen molar-refractivity contribution in [1.29, 1.82) is 0 Å². The fraction of sp³-hybridized carbons (Fsp3) is 0.105. The number of fused-ring (bicyclic) bond motifs is 1. The summed E-state index contributed by atoms with van der Waals surface area (Å²) in [6, 6.07) is 16.2. The first-order valence-electron chi connectivity index (χ1n) is 8.11. The fourth-order valence-electron chi connectivity index (χ4n) is 2.96. The highest BCUT2D eigenvalue weighted by Crippen LogP contribution is 2.34. The summed E-state index contributed by atoms with van der Waals surface area (Å²) in [7, 11) is 0. The van der Waals surface area contributed by atoms with Gasteiger partial charge in [-0.2, -0.15) is 5.10 Å². The minimum Gasteiger partial charge on any atom is -0.324 e. The Bertz CT molecular complexity index is 967. The first-order chi connectivity index (χ1) is 12.6. The number of benzene rings is 2. The van der Waals surface area contributed by atoms with Crippen LogP contribution in [0.4, 0.5) is 11.5 Å². The SMILES string of the molecule is O=C1C[C@H](C(=O)Nc2ccc(Br)cc2)n2ncc(-c3ccccc3)c2N1. The van der Waals surface area contributed by atoms with Crippen LogP contribution >= 0.6 is 15.9 Å². The number of nitrogens with one attached hydrogen (secondary N) is 2. The Kier molecular flexibility index (Phi) is 4.30. The van der Waals surface area contributed by atoms with Gasteiger partial charge in [0.05, 0.1) is 12.6 Å². The van der Waals surface area contributed by atoms with Crippen molar-refractivity contribution in [1.82, 2.24) is 9.78 Å². The summed E-state index contributed by atoms with van der Waals surface area (Å²) in [4.78, 5) is 24.9. The molecule has 6 nitrogen and oxygen atoms in total. The Hall–Kier alpha value is -2.93. The molecular formula is C19H15BrN4O2. The van der Waals surface area contributed by atoms with Crippen molar-refractivity contribution in [3.05, 3.63) is 65.3 Å². The third kappa shape index (κ3) is 3.13. The van der Waals surface area contributed by atoms with E-state index in [1.807, 2.05) is 42.5 Å². The molecule has 2 heterocycles. The molecule has 3 aromatic rings. The van der Waals surface area contributed by atoms with E-state index in [0.29, 0.717) is 11.5 Å². The second kappa shape index (κ2) is 6.76. The average molecular weight is 411 g/mol. The Labute approximate surface area is 158 Å². The van der Waals surface area contributed by atoms with Crippen LogP contribution in [0.5, 0.6) is 0 Å².